The van der Waals surface area contributed by atoms with Crippen LogP contribution in [-0.4, -0.2) is 71.3 Å². The normalized spacial score (nSPS) is 15.6. The van der Waals surface area contributed by atoms with E-state index in [1.807, 2.05) is 64.0 Å². The standard InChI is InChI=1S/C22H27N7O2/c1-23-22(25-16-20-27-26-19-9-5-6-10-29(19)20)24-15-18(17-7-3-2-4-8-17)21(30)28-11-13-31-14-12-28/h2-10,18H,11-16H2,1H3,(H2,23,24,25). The van der Waals surface area contributed by atoms with Gasteiger partial charge in [0.15, 0.2) is 17.4 Å². The Morgan fingerprint density at radius 2 is 1.87 bits per heavy atom. The second-order valence-electron chi connectivity index (χ2n) is 7.25. The Morgan fingerprint density at radius 3 is 2.65 bits per heavy atom. The number of aromatic nitrogens is 3. The van der Waals surface area contributed by atoms with Crippen molar-refractivity contribution < 1.29 is 9.53 Å². The number of aliphatic imine (C=N–C) groups is 1. The zero-order valence-corrected chi connectivity index (χ0v) is 17.6. The molecule has 3 aromatic rings. The zero-order chi connectivity index (χ0) is 21.5. The number of benzene rings is 1. The molecule has 0 bridgehead atoms. The quantitative estimate of drug-likeness (QED) is 0.456. The van der Waals surface area contributed by atoms with Crippen LogP contribution in [0.4, 0.5) is 0 Å². The third-order valence-electron chi connectivity index (χ3n) is 5.32. The Morgan fingerprint density at radius 1 is 1.10 bits per heavy atom. The first-order chi connectivity index (χ1) is 15.3. The predicted molar refractivity (Wildman–Crippen MR) is 118 cm³/mol. The Balaban J connectivity index is 1.41. The van der Waals surface area contributed by atoms with Crippen LogP contribution in [0.5, 0.6) is 0 Å². The van der Waals surface area contributed by atoms with Gasteiger partial charge in [0.1, 0.15) is 0 Å². The molecule has 1 amide bonds. The van der Waals surface area contributed by atoms with Crippen molar-refractivity contribution in [2.24, 2.45) is 4.99 Å². The zero-order valence-electron chi connectivity index (χ0n) is 17.6. The molecule has 1 atom stereocenters. The van der Waals surface area contributed by atoms with E-state index in [4.69, 9.17) is 4.74 Å². The highest BCUT2D eigenvalue weighted by Crippen LogP contribution is 2.19. The number of rotatable bonds is 6. The van der Waals surface area contributed by atoms with E-state index >= 15 is 0 Å². The van der Waals surface area contributed by atoms with E-state index in [0.717, 1.165) is 17.0 Å². The van der Waals surface area contributed by atoms with Crippen LogP contribution in [0.15, 0.2) is 59.7 Å². The molecule has 1 aromatic carbocycles. The van der Waals surface area contributed by atoms with E-state index in [2.05, 4.69) is 25.8 Å². The molecule has 31 heavy (non-hydrogen) atoms. The van der Waals surface area contributed by atoms with Crippen molar-refractivity contribution >= 4 is 17.5 Å². The van der Waals surface area contributed by atoms with Gasteiger partial charge in [0.05, 0.1) is 25.7 Å². The SMILES string of the molecule is CN=C(NCc1nnc2ccccn12)NCC(C(=O)N1CCOCC1)c1ccccc1. The maximum absolute atomic E-state index is 13.2. The van der Waals surface area contributed by atoms with Crippen LogP contribution in [0.2, 0.25) is 0 Å². The fourth-order valence-electron chi connectivity index (χ4n) is 3.63. The van der Waals surface area contributed by atoms with E-state index in [-0.39, 0.29) is 11.8 Å². The lowest BCUT2D eigenvalue weighted by Crippen LogP contribution is -2.47. The number of ether oxygens (including phenoxy) is 1. The summed E-state index contributed by atoms with van der Waals surface area (Å²) >= 11 is 0. The van der Waals surface area contributed by atoms with Crippen LogP contribution < -0.4 is 10.6 Å². The van der Waals surface area contributed by atoms with Gasteiger partial charge in [0, 0.05) is 32.9 Å². The number of carbonyl (C=O) groups excluding carboxylic acids is 1. The monoisotopic (exact) mass is 421 g/mol. The topological polar surface area (TPSA) is 96.2 Å². The number of hydrogen-bond donors (Lipinski definition) is 2. The highest BCUT2D eigenvalue weighted by Gasteiger charge is 2.27. The molecule has 1 fully saturated rings. The van der Waals surface area contributed by atoms with Crippen LogP contribution in [-0.2, 0) is 16.1 Å². The van der Waals surface area contributed by atoms with Crippen molar-refractivity contribution in [3.63, 3.8) is 0 Å². The number of nitrogens with zero attached hydrogens (tertiary/aromatic N) is 5. The highest BCUT2D eigenvalue weighted by atomic mass is 16.5. The number of hydrogen-bond acceptors (Lipinski definition) is 5. The van der Waals surface area contributed by atoms with Gasteiger partial charge in [-0.1, -0.05) is 36.4 Å². The summed E-state index contributed by atoms with van der Waals surface area (Å²) < 4.78 is 7.32. The molecule has 2 aromatic heterocycles. The summed E-state index contributed by atoms with van der Waals surface area (Å²) in [7, 11) is 1.71. The molecule has 0 spiro atoms. The van der Waals surface area contributed by atoms with Crippen molar-refractivity contribution in [3.8, 4) is 0 Å². The molecule has 2 N–H and O–H groups in total. The van der Waals surface area contributed by atoms with Gasteiger partial charge in [-0.05, 0) is 17.7 Å². The van der Waals surface area contributed by atoms with Gasteiger partial charge >= 0.3 is 0 Å². The van der Waals surface area contributed by atoms with E-state index in [1.165, 1.54) is 0 Å². The summed E-state index contributed by atoms with van der Waals surface area (Å²) in [5.74, 6) is 1.17. The molecule has 0 radical (unpaired) electrons. The second kappa shape index (κ2) is 10.0. The van der Waals surface area contributed by atoms with Gasteiger partial charge in [-0.25, -0.2) is 0 Å². The van der Waals surface area contributed by atoms with E-state index in [0.29, 0.717) is 45.4 Å². The number of pyridine rings is 1. The Hall–Kier alpha value is -3.46. The summed E-state index contributed by atoms with van der Waals surface area (Å²) in [5.41, 5.74) is 1.77. The Labute approximate surface area is 181 Å². The highest BCUT2D eigenvalue weighted by molar-refractivity contribution is 5.86. The predicted octanol–water partition coefficient (Wildman–Crippen LogP) is 1.04. The molecule has 4 rings (SSSR count). The number of morpholine rings is 1. The van der Waals surface area contributed by atoms with E-state index < -0.39 is 0 Å². The maximum Gasteiger partial charge on any atom is 0.232 e. The first-order valence-electron chi connectivity index (χ1n) is 10.4. The average molecular weight is 422 g/mol. The molecular weight excluding hydrogens is 394 g/mol. The maximum atomic E-state index is 13.2. The summed E-state index contributed by atoms with van der Waals surface area (Å²) in [4.78, 5) is 19.4. The lowest BCUT2D eigenvalue weighted by Gasteiger charge is -2.31. The number of carbonyl (C=O) groups is 1. The largest absolute Gasteiger partial charge is 0.378 e. The van der Waals surface area contributed by atoms with Gasteiger partial charge in [0.25, 0.3) is 0 Å². The van der Waals surface area contributed by atoms with Crippen molar-refractivity contribution in [1.29, 1.82) is 0 Å². The summed E-state index contributed by atoms with van der Waals surface area (Å²) in [5, 5.41) is 15.0. The van der Waals surface area contributed by atoms with Crippen molar-refractivity contribution in [2.45, 2.75) is 12.5 Å². The van der Waals surface area contributed by atoms with Crippen LogP contribution >= 0.6 is 0 Å². The van der Waals surface area contributed by atoms with Crippen molar-refractivity contribution in [2.75, 3.05) is 39.9 Å². The minimum atomic E-state index is -0.313. The summed E-state index contributed by atoms with van der Waals surface area (Å²) in [6.07, 6.45) is 1.93. The van der Waals surface area contributed by atoms with E-state index in [9.17, 15) is 4.79 Å². The molecule has 9 heteroatoms. The molecule has 9 nitrogen and oxygen atoms in total. The second-order valence-corrected chi connectivity index (χ2v) is 7.25. The average Bonchev–Trinajstić information content (AvgIpc) is 3.25. The molecule has 1 unspecified atom stereocenters. The molecule has 0 saturated carbocycles. The van der Waals surface area contributed by atoms with Crippen LogP contribution in [0.3, 0.4) is 0 Å². The van der Waals surface area contributed by atoms with Crippen molar-refractivity contribution in [1.82, 2.24) is 30.1 Å². The van der Waals surface area contributed by atoms with Crippen LogP contribution in [0, 0.1) is 0 Å². The van der Waals surface area contributed by atoms with Gasteiger partial charge in [-0.3, -0.25) is 14.2 Å². The van der Waals surface area contributed by atoms with Gasteiger partial charge in [0.2, 0.25) is 5.91 Å². The van der Waals surface area contributed by atoms with Crippen LogP contribution in [0.25, 0.3) is 5.65 Å². The first-order valence-corrected chi connectivity index (χ1v) is 10.4. The molecule has 1 aliphatic rings. The fourth-order valence-corrected chi connectivity index (χ4v) is 3.63. The smallest absolute Gasteiger partial charge is 0.232 e. The Kier molecular flexibility index (Phi) is 6.73. The number of fused-ring (bicyclic) bond motifs is 1. The number of guanidine groups is 1. The minimum Gasteiger partial charge on any atom is -0.378 e. The number of nitrogens with one attached hydrogen (secondary N) is 2. The third-order valence-corrected chi connectivity index (χ3v) is 5.32. The van der Waals surface area contributed by atoms with Gasteiger partial charge < -0.3 is 20.3 Å². The van der Waals surface area contributed by atoms with Gasteiger partial charge in [-0.15, -0.1) is 10.2 Å². The molecule has 3 heterocycles. The van der Waals surface area contributed by atoms with Gasteiger partial charge in [-0.2, -0.15) is 0 Å². The van der Waals surface area contributed by atoms with E-state index in [1.54, 1.807) is 7.05 Å². The summed E-state index contributed by atoms with van der Waals surface area (Å²) in [6, 6.07) is 15.6. The molecule has 0 aliphatic carbocycles. The fraction of sp³-hybridized carbons (Fsp3) is 0.364. The van der Waals surface area contributed by atoms with Crippen molar-refractivity contribution in [3.05, 3.63) is 66.1 Å². The molecular formula is C22H27N7O2. The number of amides is 1. The molecule has 1 saturated heterocycles. The lowest BCUT2D eigenvalue weighted by atomic mass is 9.97. The minimum absolute atomic E-state index is 0.0981. The first kappa shape index (κ1) is 20.8. The molecule has 1 aliphatic heterocycles. The molecule has 162 valence electrons. The lowest BCUT2D eigenvalue weighted by molar-refractivity contribution is -0.136. The Bertz CT molecular complexity index is 1030. The van der Waals surface area contributed by atoms with Crippen LogP contribution in [0.1, 0.15) is 17.3 Å². The summed E-state index contributed by atoms with van der Waals surface area (Å²) in [6.45, 7) is 3.29. The third kappa shape index (κ3) is 5.00.